The molecule has 0 atom stereocenters. The molecular formula is C18H22N2O3. The first kappa shape index (κ1) is 16.7. The lowest BCUT2D eigenvalue weighted by atomic mass is 10.1. The number of carbonyl (C=O) groups is 1. The summed E-state index contributed by atoms with van der Waals surface area (Å²) in [5.74, 6) is 1.39. The zero-order chi connectivity index (χ0) is 16.7. The highest BCUT2D eigenvalue weighted by atomic mass is 16.5. The number of methoxy groups -OCH3 is 2. The summed E-state index contributed by atoms with van der Waals surface area (Å²) in [6.07, 6.45) is 1.02. The van der Waals surface area contributed by atoms with E-state index in [0.717, 1.165) is 22.6 Å². The predicted molar refractivity (Wildman–Crippen MR) is 90.6 cm³/mol. The molecule has 0 aliphatic rings. The third-order valence-corrected chi connectivity index (χ3v) is 3.65. The van der Waals surface area contributed by atoms with Crippen LogP contribution in [-0.2, 0) is 17.8 Å². The molecule has 0 aromatic heterocycles. The fourth-order valence-corrected chi connectivity index (χ4v) is 2.29. The van der Waals surface area contributed by atoms with Crippen molar-refractivity contribution in [3.63, 3.8) is 0 Å². The molecule has 2 aromatic rings. The summed E-state index contributed by atoms with van der Waals surface area (Å²) in [6.45, 7) is 0.413. The topological polar surface area (TPSA) is 73.6 Å². The molecule has 0 aliphatic heterocycles. The number of nitrogen functional groups attached to an aromatic ring is 1. The minimum atomic E-state index is -0.0221. The maximum absolute atomic E-state index is 12.0. The van der Waals surface area contributed by atoms with Crippen molar-refractivity contribution in [2.24, 2.45) is 0 Å². The molecule has 0 bridgehead atoms. The number of hydrogen-bond acceptors (Lipinski definition) is 4. The van der Waals surface area contributed by atoms with Gasteiger partial charge < -0.3 is 20.5 Å². The van der Waals surface area contributed by atoms with Crippen LogP contribution >= 0.6 is 0 Å². The lowest BCUT2D eigenvalue weighted by Crippen LogP contribution is -2.23. The van der Waals surface area contributed by atoms with Crippen LogP contribution in [0.15, 0.2) is 42.5 Å². The number of aryl methyl sites for hydroxylation is 1. The number of para-hydroxylation sites is 1. The highest BCUT2D eigenvalue weighted by Crippen LogP contribution is 2.24. The normalized spacial score (nSPS) is 10.2. The number of nitrogens with two attached hydrogens (primary N) is 1. The van der Waals surface area contributed by atoms with E-state index in [2.05, 4.69) is 5.32 Å². The van der Waals surface area contributed by atoms with E-state index in [1.165, 1.54) is 0 Å². The van der Waals surface area contributed by atoms with E-state index in [-0.39, 0.29) is 5.91 Å². The van der Waals surface area contributed by atoms with E-state index < -0.39 is 0 Å². The van der Waals surface area contributed by atoms with Crippen molar-refractivity contribution in [3.8, 4) is 11.5 Å². The monoisotopic (exact) mass is 314 g/mol. The Morgan fingerprint density at radius 2 is 1.87 bits per heavy atom. The first-order valence-corrected chi connectivity index (χ1v) is 7.45. The van der Waals surface area contributed by atoms with Gasteiger partial charge in [0.2, 0.25) is 5.91 Å². The maximum atomic E-state index is 12.0. The Bertz CT molecular complexity index is 671. The summed E-state index contributed by atoms with van der Waals surface area (Å²) in [7, 11) is 3.20. The zero-order valence-electron chi connectivity index (χ0n) is 13.5. The molecule has 3 N–H and O–H groups in total. The lowest BCUT2D eigenvalue weighted by Gasteiger charge is -2.11. The third-order valence-electron chi connectivity index (χ3n) is 3.65. The number of ether oxygens (including phenoxy) is 2. The molecule has 23 heavy (non-hydrogen) atoms. The van der Waals surface area contributed by atoms with Crippen molar-refractivity contribution in [1.82, 2.24) is 5.32 Å². The van der Waals surface area contributed by atoms with Crippen LogP contribution in [0.4, 0.5) is 5.69 Å². The molecule has 5 nitrogen and oxygen atoms in total. The van der Waals surface area contributed by atoms with E-state index in [1.54, 1.807) is 20.3 Å². The first-order chi connectivity index (χ1) is 11.1. The molecule has 2 aromatic carbocycles. The van der Waals surface area contributed by atoms with E-state index in [9.17, 15) is 4.79 Å². The van der Waals surface area contributed by atoms with Crippen molar-refractivity contribution in [2.45, 2.75) is 19.4 Å². The maximum Gasteiger partial charge on any atom is 0.220 e. The van der Waals surface area contributed by atoms with Crippen molar-refractivity contribution in [1.29, 1.82) is 0 Å². The average molecular weight is 314 g/mol. The van der Waals surface area contributed by atoms with Gasteiger partial charge in [-0.2, -0.15) is 0 Å². The molecule has 0 fully saturated rings. The Kier molecular flexibility index (Phi) is 5.86. The fraction of sp³-hybridized carbons (Fsp3) is 0.278. The summed E-state index contributed by atoms with van der Waals surface area (Å²) < 4.78 is 10.5. The smallest absolute Gasteiger partial charge is 0.220 e. The van der Waals surface area contributed by atoms with Crippen molar-refractivity contribution in [2.75, 3.05) is 20.0 Å². The van der Waals surface area contributed by atoms with E-state index in [1.807, 2.05) is 36.4 Å². The SMILES string of the molecule is COc1ccc(CNC(=O)CCc2ccccc2N)c(OC)c1. The van der Waals surface area contributed by atoms with Crippen LogP contribution in [0.5, 0.6) is 11.5 Å². The lowest BCUT2D eigenvalue weighted by molar-refractivity contribution is -0.121. The van der Waals surface area contributed by atoms with E-state index in [0.29, 0.717) is 25.1 Å². The Morgan fingerprint density at radius 3 is 2.57 bits per heavy atom. The summed E-state index contributed by atoms with van der Waals surface area (Å²) >= 11 is 0. The Labute approximate surface area is 136 Å². The summed E-state index contributed by atoms with van der Waals surface area (Å²) in [4.78, 5) is 12.0. The number of anilines is 1. The predicted octanol–water partition coefficient (Wildman–Crippen LogP) is 2.54. The van der Waals surface area contributed by atoms with Gasteiger partial charge in [-0.1, -0.05) is 18.2 Å². The highest BCUT2D eigenvalue weighted by Gasteiger charge is 2.08. The molecule has 122 valence electrons. The number of rotatable bonds is 7. The van der Waals surface area contributed by atoms with Crippen molar-refractivity contribution < 1.29 is 14.3 Å². The summed E-state index contributed by atoms with van der Waals surface area (Å²) in [5, 5.41) is 2.90. The molecule has 0 saturated heterocycles. The average Bonchev–Trinajstić information content (AvgIpc) is 2.59. The third kappa shape index (κ3) is 4.64. The minimum Gasteiger partial charge on any atom is -0.497 e. The van der Waals surface area contributed by atoms with Crippen LogP contribution in [0.3, 0.4) is 0 Å². The first-order valence-electron chi connectivity index (χ1n) is 7.45. The number of benzene rings is 2. The largest absolute Gasteiger partial charge is 0.497 e. The molecular weight excluding hydrogens is 292 g/mol. The van der Waals surface area contributed by atoms with Gasteiger partial charge >= 0.3 is 0 Å². The number of nitrogens with one attached hydrogen (secondary N) is 1. The van der Waals surface area contributed by atoms with Crippen LogP contribution in [0.2, 0.25) is 0 Å². The van der Waals surface area contributed by atoms with Gasteiger partial charge in [0.1, 0.15) is 11.5 Å². The van der Waals surface area contributed by atoms with Gasteiger partial charge in [-0.15, -0.1) is 0 Å². The van der Waals surface area contributed by atoms with E-state index >= 15 is 0 Å². The molecule has 0 spiro atoms. The second-order valence-electron chi connectivity index (χ2n) is 5.15. The van der Waals surface area contributed by atoms with Crippen molar-refractivity contribution >= 4 is 11.6 Å². The molecule has 0 heterocycles. The van der Waals surface area contributed by atoms with Gasteiger partial charge in [0, 0.05) is 30.3 Å². The molecule has 5 heteroatoms. The second kappa shape index (κ2) is 8.08. The van der Waals surface area contributed by atoms with Gasteiger partial charge in [0.25, 0.3) is 0 Å². The van der Waals surface area contributed by atoms with Crippen molar-refractivity contribution in [3.05, 3.63) is 53.6 Å². The molecule has 0 aliphatic carbocycles. The van der Waals surface area contributed by atoms with E-state index in [4.69, 9.17) is 15.2 Å². The van der Waals surface area contributed by atoms with Crippen LogP contribution < -0.4 is 20.5 Å². The summed E-state index contributed by atoms with van der Waals surface area (Å²) in [6, 6.07) is 13.1. The summed E-state index contributed by atoms with van der Waals surface area (Å²) in [5.41, 5.74) is 8.49. The van der Waals surface area contributed by atoms with Gasteiger partial charge in [-0.3, -0.25) is 4.79 Å². The van der Waals surface area contributed by atoms with Gasteiger partial charge in [0.05, 0.1) is 14.2 Å². The standard InChI is InChI=1S/C18H22N2O3/c1-22-15-9-7-14(17(11-15)23-2)12-20-18(21)10-8-13-5-3-4-6-16(13)19/h3-7,9,11H,8,10,12,19H2,1-2H3,(H,20,21). The van der Waals surface area contributed by atoms with Gasteiger partial charge in [-0.05, 0) is 30.2 Å². The highest BCUT2D eigenvalue weighted by molar-refractivity contribution is 5.76. The zero-order valence-corrected chi connectivity index (χ0v) is 13.5. The van der Waals surface area contributed by atoms with Crippen LogP contribution in [0.1, 0.15) is 17.5 Å². The molecule has 0 radical (unpaired) electrons. The quantitative estimate of drug-likeness (QED) is 0.770. The van der Waals surface area contributed by atoms with Crippen LogP contribution in [-0.4, -0.2) is 20.1 Å². The number of hydrogen-bond donors (Lipinski definition) is 2. The molecule has 0 saturated carbocycles. The minimum absolute atomic E-state index is 0.0221. The fourth-order valence-electron chi connectivity index (χ4n) is 2.29. The van der Waals surface area contributed by atoms with Gasteiger partial charge in [0.15, 0.2) is 0 Å². The van der Waals surface area contributed by atoms with Gasteiger partial charge in [-0.25, -0.2) is 0 Å². The Balaban J connectivity index is 1.88. The molecule has 0 unspecified atom stereocenters. The second-order valence-corrected chi connectivity index (χ2v) is 5.15. The molecule has 2 rings (SSSR count). The molecule has 1 amide bonds. The Hall–Kier alpha value is -2.69. The number of carbonyl (C=O) groups excluding carboxylic acids is 1. The van der Waals surface area contributed by atoms with Crippen LogP contribution in [0.25, 0.3) is 0 Å². The van der Waals surface area contributed by atoms with Crippen LogP contribution in [0, 0.1) is 0 Å². The Morgan fingerprint density at radius 1 is 1.09 bits per heavy atom. The number of amides is 1.